The smallest absolute Gasteiger partial charge is 0.312 e. The second kappa shape index (κ2) is 7.64. The van der Waals surface area contributed by atoms with Crippen molar-refractivity contribution in [3.8, 4) is 0 Å². The lowest BCUT2D eigenvalue weighted by atomic mass is 10.1. The standard InChI is InChI=1S/C13H21N6O/c14-8-4-2-1-3-5-9-16-13-17-12-11(19(20)18-13)7-6-10-15-12/h6-7,10-11H,1-5,8-9,14H2,(H,16,18,20)/q+1. The highest BCUT2D eigenvalue weighted by Gasteiger charge is 2.36. The van der Waals surface area contributed by atoms with E-state index in [1.54, 1.807) is 18.4 Å². The molecule has 0 aromatic carbocycles. The third kappa shape index (κ3) is 4.06. The number of nitrogens with two attached hydrogens (primary N) is 1. The molecule has 1 atom stereocenters. The van der Waals surface area contributed by atoms with Gasteiger partial charge in [-0.1, -0.05) is 24.7 Å². The summed E-state index contributed by atoms with van der Waals surface area (Å²) in [6.07, 6.45) is 10.7. The minimum absolute atomic E-state index is 0.348. The fourth-order valence-electron chi connectivity index (χ4n) is 2.06. The van der Waals surface area contributed by atoms with E-state index in [0.29, 0.717) is 18.3 Å². The number of aliphatic imine (C=N–C) groups is 3. The first-order chi connectivity index (χ1) is 9.81. The SMILES string of the molecule is NCCCCCCCN=C1N=C2N=CC=CC2[N+](=O)N1. The highest BCUT2D eigenvalue weighted by molar-refractivity contribution is 6.05. The molecule has 0 fully saturated rings. The van der Waals surface area contributed by atoms with Crippen molar-refractivity contribution in [1.29, 1.82) is 0 Å². The van der Waals surface area contributed by atoms with Crippen LogP contribution < -0.4 is 11.2 Å². The van der Waals surface area contributed by atoms with Crippen molar-refractivity contribution in [2.75, 3.05) is 13.1 Å². The van der Waals surface area contributed by atoms with Gasteiger partial charge in [-0.2, -0.15) is 4.99 Å². The van der Waals surface area contributed by atoms with E-state index >= 15 is 0 Å². The summed E-state index contributed by atoms with van der Waals surface area (Å²) in [5.74, 6) is 0.837. The number of hydrogen-bond donors (Lipinski definition) is 2. The van der Waals surface area contributed by atoms with Crippen molar-refractivity contribution in [2.45, 2.75) is 38.1 Å². The number of amidine groups is 1. The van der Waals surface area contributed by atoms with Gasteiger partial charge in [-0.25, -0.2) is 9.98 Å². The largest absolute Gasteiger partial charge is 0.330 e. The summed E-state index contributed by atoms with van der Waals surface area (Å²) in [7, 11) is 0. The fraction of sp³-hybridized carbons (Fsp3) is 0.615. The number of nitroso groups, excluding NO2 is 1. The Kier molecular flexibility index (Phi) is 5.55. The molecule has 0 spiro atoms. The summed E-state index contributed by atoms with van der Waals surface area (Å²) in [5, 5.41) is 0. The van der Waals surface area contributed by atoms with Crippen molar-refractivity contribution in [3.05, 3.63) is 17.1 Å². The molecule has 108 valence electrons. The number of fused-ring (bicyclic) bond motifs is 1. The molecule has 1 unspecified atom stereocenters. The molecule has 2 rings (SSSR count). The molecule has 0 saturated carbocycles. The second-order valence-corrected chi connectivity index (χ2v) is 4.78. The first-order valence-corrected chi connectivity index (χ1v) is 7.08. The number of dihydropyridines is 1. The van der Waals surface area contributed by atoms with Gasteiger partial charge in [0.25, 0.3) is 5.96 Å². The van der Waals surface area contributed by atoms with Crippen molar-refractivity contribution in [1.82, 2.24) is 5.43 Å². The van der Waals surface area contributed by atoms with Crippen LogP contribution in [-0.4, -0.2) is 42.0 Å². The van der Waals surface area contributed by atoms with Crippen LogP contribution in [0.5, 0.6) is 0 Å². The van der Waals surface area contributed by atoms with Gasteiger partial charge in [-0.3, -0.25) is 0 Å². The molecule has 0 bridgehead atoms. The Bertz CT molecular complexity index is 465. The second-order valence-electron chi connectivity index (χ2n) is 4.78. The topological polar surface area (TPSA) is 95.2 Å². The highest BCUT2D eigenvalue weighted by atomic mass is 16.3. The van der Waals surface area contributed by atoms with Crippen LogP contribution in [0.25, 0.3) is 0 Å². The summed E-state index contributed by atoms with van der Waals surface area (Å²) < 4.78 is 0. The number of hydrazine groups is 1. The van der Waals surface area contributed by atoms with Crippen LogP contribution in [-0.2, 0) is 0 Å². The molecule has 3 N–H and O–H groups in total. The molecule has 0 saturated heterocycles. The van der Waals surface area contributed by atoms with E-state index in [2.05, 4.69) is 20.4 Å². The van der Waals surface area contributed by atoms with Gasteiger partial charge in [-0.05, 0) is 25.5 Å². The van der Waals surface area contributed by atoms with Crippen molar-refractivity contribution in [2.24, 2.45) is 20.7 Å². The highest BCUT2D eigenvalue weighted by Crippen LogP contribution is 2.07. The third-order valence-corrected chi connectivity index (χ3v) is 3.16. The average Bonchev–Trinajstić information content (AvgIpc) is 2.46. The van der Waals surface area contributed by atoms with Crippen LogP contribution >= 0.6 is 0 Å². The molecule has 2 aliphatic rings. The van der Waals surface area contributed by atoms with Crippen molar-refractivity contribution < 1.29 is 4.87 Å². The predicted molar refractivity (Wildman–Crippen MR) is 80.1 cm³/mol. The summed E-state index contributed by atoms with van der Waals surface area (Å²) in [4.78, 5) is 25.1. The molecule has 2 aliphatic heterocycles. The molecule has 0 amide bonds. The molecule has 0 radical (unpaired) electrons. The van der Waals surface area contributed by atoms with Crippen LogP contribution in [0.15, 0.2) is 27.1 Å². The Morgan fingerprint density at radius 3 is 2.95 bits per heavy atom. The van der Waals surface area contributed by atoms with Gasteiger partial charge < -0.3 is 5.73 Å². The molecule has 0 aromatic heterocycles. The van der Waals surface area contributed by atoms with E-state index in [-0.39, 0.29) is 0 Å². The van der Waals surface area contributed by atoms with Gasteiger partial charge in [0, 0.05) is 18.8 Å². The van der Waals surface area contributed by atoms with Gasteiger partial charge in [0.05, 0.1) is 4.91 Å². The molecule has 7 heteroatoms. The van der Waals surface area contributed by atoms with Gasteiger partial charge in [0.15, 0.2) is 0 Å². The monoisotopic (exact) mass is 277 g/mol. The maximum Gasteiger partial charge on any atom is 0.312 e. The predicted octanol–water partition coefficient (Wildman–Crippen LogP) is 0.956. The van der Waals surface area contributed by atoms with Crippen LogP contribution in [0, 0.1) is 4.91 Å². The zero-order chi connectivity index (χ0) is 14.2. The lowest BCUT2D eigenvalue weighted by Gasteiger charge is -2.12. The molecular formula is C13H21N6O+. The van der Waals surface area contributed by atoms with E-state index in [1.807, 2.05) is 0 Å². The molecule has 20 heavy (non-hydrogen) atoms. The maximum absolute atomic E-state index is 11.8. The Morgan fingerprint density at radius 1 is 1.30 bits per heavy atom. The van der Waals surface area contributed by atoms with E-state index in [1.165, 1.54) is 12.8 Å². The van der Waals surface area contributed by atoms with E-state index in [0.717, 1.165) is 30.7 Å². The number of rotatable bonds is 7. The molecule has 7 nitrogen and oxygen atoms in total. The van der Waals surface area contributed by atoms with Crippen molar-refractivity contribution >= 4 is 18.0 Å². The van der Waals surface area contributed by atoms with Crippen LogP contribution in [0.1, 0.15) is 32.1 Å². The zero-order valence-electron chi connectivity index (χ0n) is 11.5. The molecule has 0 aromatic rings. The Hall–Kier alpha value is -1.89. The lowest BCUT2D eigenvalue weighted by molar-refractivity contribution is -0.602. The van der Waals surface area contributed by atoms with Gasteiger partial charge in [0.2, 0.25) is 5.84 Å². The Balaban J connectivity index is 1.78. The minimum Gasteiger partial charge on any atom is -0.330 e. The Morgan fingerprint density at radius 2 is 2.10 bits per heavy atom. The van der Waals surface area contributed by atoms with E-state index in [9.17, 15) is 4.91 Å². The van der Waals surface area contributed by atoms with Crippen LogP contribution in [0.2, 0.25) is 0 Å². The first kappa shape index (κ1) is 14.5. The lowest BCUT2D eigenvalue weighted by Crippen LogP contribution is -2.47. The average molecular weight is 277 g/mol. The van der Waals surface area contributed by atoms with Gasteiger partial charge in [0.1, 0.15) is 4.87 Å². The number of nitrogens with one attached hydrogen (secondary N) is 1. The summed E-state index contributed by atoms with van der Waals surface area (Å²) in [5.41, 5.74) is 8.06. The zero-order valence-corrected chi connectivity index (χ0v) is 11.5. The number of hydrogen-bond acceptors (Lipinski definition) is 4. The third-order valence-electron chi connectivity index (χ3n) is 3.16. The van der Waals surface area contributed by atoms with Crippen molar-refractivity contribution in [3.63, 3.8) is 0 Å². The molecule has 2 heterocycles. The van der Waals surface area contributed by atoms with E-state index in [4.69, 9.17) is 5.73 Å². The summed E-state index contributed by atoms with van der Waals surface area (Å²) >= 11 is 0. The number of guanidine groups is 1. The minimum atomic E-state index is -0.449. The number of allylic oxidation sites excluding steroid dienone is 1. The number of nitrogens with zero attached hydrogens (tertiary/aromatic N) is 4. The van der Waals surface area contributed by atoms with Gasteiger partial charge >= 0.3 is 6.04 Å². The molecule has 0 aliphatic carbocycles. The normalized spacial score (nSPS) is 22.6. The Labute approximate surface area is 118 Å². The van der Waals surface area contributed by atoms with Gasteiger partial charge in [-0.15, -0.1) is 0 Å². The van der Waals surface area contributed by atoms with E-state index < -0.39 is 6.04 Å². The first-order valence-electron chi connectivity index (χ1n) is 7.08. The maximum atomic E-state index is 11.8. The summed E-state index contributed by atoms with van der Waals surface area (Å²) in [6, 6.07) is -0.449. The fourth-order valence-corrected chi connectivity index (χ4v) is 2.06. The number of unbranched alkanes of at least 4 members (excludes halogenated alkanes) is 4. The quantitative estimate of drug-likeness (QED) is 0.536. The van der Waals surface area contributed by atoms with Crippen LogP contribution in [0.3, 0.4) is 0 Å². The molecular weight excluding hydrogens is 256 g/mol. The van der Waals surface area contributed by atoms with Crippen LogP contribution in [0.4, 0.5) is 0 Å². The summed E-state index contributed by atoms with van der Waals surface area (Å²) in [6.45, 7) is 1.43.